The number of fused-ring (bicyclic) bond motifs is 1. The van der Waals surface area contributed by atoms with Crippen molar-refractivity contribution in [1.82, 2.24) is 9.38 Å². The maximum absolute atomic E-state index is 12.1. The molecule has 2 aromatic heterocycles. The number of nitrogens with zero attached hydrogens (tertiary/aromatic N) is 3. The molecule has 0 aliphatic heterocycles. The molecule has 7 nitrogen and oxygen atoms in total. The van der Waals surface area contributed by atoms with Crippen LogP contribution in [0.3, 0.4) is 0 Å². The zero-order valence-electron chi connectivity index (χ0n) is 11.7. The van der Waals surface area contributed by atoms with Crippen LogP contribution in [-0.4, -0.2) is 14.3 Å². The molecule has 0 bridgehead atoms. The summed E-state index contributed by atoms with van der Waals surface area (Å²) in [6, 6.07) is 10.9. The summed E-state index contributed by atoms with van der Waals surface area (Å²) in [6.07, 6.45) is 1.62. The third-order valence-corrected chi connectivity index (χ3v) is 3.58. The summed E-state index contributed by atoms with van der Waals surface area (Å²) in [5.74, 6) is 0.135. The van der Waals surface area contributed by atoms with Crippen LogP contribution < -0.4 is 10.3 Å². The molecular formula is C15H10BrN3O4. The Morgan fingerprint density at radius 3 is 2.83 bits per heavy atom. The Bertz CT molecular complexity index is 955. The number of benzene rings is 1. The van der Waals surface area contributed by atoms with Crippen LogP contribution in [-0.2, 0) is 6.61 Å². The average molecular weight is 376 g/mol. The summed E-state index contributed by atoms with van der Waals surface area (Å²) in [7, 11) is 0. The molecule has 1 aromatic carbocycles. The second kappa shape index (κ2) is 6.17. The van der Waals surface area contributed by atoms with Crippen LogP contribution in [0.15, 0.2) is 57.9 Å². The van der Waals surface area contributed by atoms with Crippen molar-refractivity contribution >= 4 is 27.3 Å². The normalized spacial score (nSPS) is 10.7. The maximum atomic E-state index is 12.1. The SMILES string of the molecule is O=c1cc(COc2ccccc2[N+](=O)[O-])nc2ccc(Br)cn12. The first-order chi connectivity index (χ1) is 11.0. The van der Waals surface area contributed by atoms with E-state index in [1.165, 1.54) is 22.6 Å². The molecule has 0 spiro atoms. The number of nitro benzene ring substituents is 1. The fourth-order valence-electron chi connectivity index (χ4n) is 2.08. The highest BCUT2D eigenvalue weighted by atomic mass is 79.9. The van der Waals surface area contributed by atoms with Crippen LogP contribution in [0.1, 0.15) is 5.69 Å². The summed E-state index contributed by atoms with van der Waals surface area (Å²) in [5.41, 5.74) is 0.490. The van der Waals surface area contributed by atoms with Gasteiger partial charge >= 0.3 is 5.69 Å². The monoisotopic (exact) mass is 375 g/mol. The predicted octanol–water partition coefficient (Wildman–Crippen LogP) is 2.94. The van der Waals surface area contributed by atoms with Gasteiger partial charge in [0.2, 0.25) is 0 Å². The van der Waals surface area contributed by atoms with Crippen molar-refractivity contribution < 1.29 is 9.66 Å². The van der Waals surface area contributed by atoms with Gasteiger partial charge in [-0.1, -0.05) is 12.1 Å². The number of nitro groups is 1. The number of pyridine rings is 1. The van der Waals surface area contributed by atoms with Gasteiger partial charge in [-0.15, -0.1) is 0 Å². The van der Waals surface area contributed by atoms with Crippen molar-refractivity contribution in [3.05, 3.63) is 79.3 Å². The highest BCUT2D eigenvalue weighted by molar-refractivity contribution is 9.10. The number of hydrogen-bond acceptors (Lipinski definition) is 5. The molecule has 0 amide bonds. The van der Waals surface area contributed by atoms with Gasteiger partial charge in [0.05, 0.1) is 10.6 Å². The predicted molar refractivity (Wildman–Crippen MR) is 86.6 cm³/mol. The van der Waals surface area contributed by atoms with Gasteiger partial charge in [-0.3, -0.25) is 19.3 Å². The van der Waals surface area contributed by atoms with Crippen LogP contribution in [0.25, 0.3) is 5.65 Å². The molecule has 0 fully saturated rings. The molecule has 0 saturated heterocycles. The van der Waals surface area contributed by atoms with Gasteiger partial charge in [0.15, 0.2) is 5.75 Å². The first-order valence-electron chi connectivity index (χ1n) is 6.58. The Morgan fingerprint density at radius 1 is 1.26 bits per heavy atom. The van der Waals surface area contributed by atoms with Gasteiger partial charge in [0.25, 0.3) is 5.56 Å². The third-order valence-electron chi connectivity index (χ3n) is 3.11. The number of rotatable bonds is 4. The van der Waals surface area contributed by atoms with E-state index in [1.54, 1.807) is 30.5 Å². The van der Waals surface area contributed by atoms with Gasteiger partial charge in [-0.2, -0.15) is 0 Å². The fourth-order valence-corrected chi connectivity index (χ4v) is 2.42. The van der Waals surface area contributed by atoms with Gasteiger partial charge in [0, 0.05) is 22.8 Å². The van der Waals surface area contributed by atoms with Gasteiger partial charge < -0.3 is 4.74 Å². The number of para-hydroxylation sites is 2. The molecule has 23 heavy (non-hydrogen) atoms. The van der Waals surface area contributed by atoms with Crippen LogP contribution >= 0.6 is 15.9 Å². The van der Waals surface area contributed by atoms with Crippen LogP contribution in [0.2, 0.25) is 0 Å². The molecule has 3 rings (SSSR count). The first kappa shape index (κ1) is 15.2. The number of halogens is 1. The smallest absolute Gasteiger partial charge is 0.310 e. The largest absolute Gasteiger partial charge is 0.480 e. The van der Waals surface area contributed by atoms with E-state index in [1.807, 2.05) is 0 Å². The Labute approximate surface area is 138 Å². The van der Waals surface area contributed by atoms with E-state index in [0.717, 1.165) is 4.47 Å². The average Bonchev–Trinajstić information content (AvgIpc) is 2.54. The number of ether oxygens (including phenoxy) is 1. The zero-order chi connectivity index (χ0) is 16.4. The lowest BCUT2D eigenvalue weighted by Crippen LogP contribution is -2.16. The Hall–Kier alpha value is -2.74. The van der Waals surface area contributed by atoms with Gasteiger partial charge in [0.1, 0.15) is 12.3 Å². The van der Waals surface area contributed by atoms with E-state index in [2.05, 4.69) is 20.9 Å². The van der Waals surface area contributed by atoms with E-state index in [9.17, 15) is 14.9 Å². The topological polar surface area (TPSA) is 86.7 Å². The molecule has 0 aliphatic rings. The molecule has 0 unspecified atom stereocenters. The van der Waals surface area contributed by atoms with E-state index in [0.29, 0.717) is 11.3 Å². The molecule has 0 radical (unpaired) electrons. The molecule has 0 N–H and O–H groups in total. The van der Waals surface area contributed by atoms with E-state index >= 15 is 0 Å². The van der Waals surface area contributed by atoms with Gasteiger partial charge in [-0.05, 0) is 34.1 Å². The van der Waals surface area contributed by atoms with E-state index in [4.69, 9.17) is 4.74 Å². The van der Waals surface area contributed by atoms with Crippen molar-refractivity contribution in [3.63, 3.8) is 0 Å². The lowest BCUT2D eigenvalue weighted by molar-refractivity contribution is -0.385. The van der Waals surface area contributed by atoms with Crippen molar-refractivity contribution in [2.24, 2.45) is 0 Å². The number of hydrogen-bond donors (Lipinski definition) is 0. The van der Waals surface area contributed by atoms with Crippen molar-refractivity contribution in [3.8, 4) is 5.75 Å². The Balaban J connectivity index is 1.90. The molecule has 116 valence electrons. The lowest BCUT2D eigenvalue weighted by atomic mass is 10.3. The third kappa shape index (κ3) is 3.21. The minimum Gasteiger partial charge on any atom is -0.480 e. The maximum Gasteiger partial charge on any atom is 0.310 e. The highest BCUT2D eigenvalue weighted by Crippen LogP contribution is 2.26. The number of aromatic nitrogens is 2. The molecular weight excluding hydrogens is 366 g/mol. The summed E-state index contributed by atoms with van der Waals surface area (Å²) in [6.45, 7) is -0.0351. The lowest BCUT2D eigenvalue weighted by Gasteiger charge is -2.07. The van der Waals surface area contributed by atoms with Crippen LogP contribution in [0, 0.1) is 10.1 Å². The Kier molecular flexibility index (Phi) is 4.07. The van der Waals surface area contributed by atoms with Crippen molar-refractivity contribution in [2.45, 2.75) is 6.61 Å². The van der Waals surface area contributed by atoms with Crippen molar-refractivity contribution in [2.75, 3.05) is 0 Å². The highest BCUT2D eigenvalue weighted by Gasteiger charge is 2.14. The fraction of sp³-hybridized carbons (Fsp3) is 0.0667. The Morgan fingerprint density at radius 2 is 2.04 bits per heavy atom. The van der Waals surface area contributed by atoms with E-state index in [-0.39, 0.29) is 23.6 Å². The molecule has 8 heteroatoms. The van der Waals surface area contributed by atoms with E-state index < -0.39 is 4.92 Å². The quantitative estimate of drug-likeness (QED) is 0.516. The molecule has 2 heterocycles. The second-order valence-electron chi connectivity index (χ2n) is 4.67. The summed E-state index contributed by atoms with van der Waals surface area (Å²) in [5, 5.41) is 10.9. The minimum absolute atomic E-state index is 0.0351. The van der Waals surface area contributed by atoms with Gasteiger partial charge in [-0.25, -0.2) is 4.98 Å². The van der Waals surface area contributed by atoms with Crippen LogP contribution in [0.4, 0.5) is 5.69 Å². The molecule has 0 saturated carbocycles. The summed E-state index contributed by atoms with van der Waals surface area (Å²) < 4.78 is 7.61. The summed E-state index contributed by atoms with van der Waals surface area (Å²) in [4.78, 5) is 26.8. The molecule has 0 aliphatic carbocycles. The summed E-state index contributed by atoms with van der Waals surface area (Å²) >= 11 is 3.29. The molecule has 0 atom stereocenters. The minimum atomic E-state index is -0.518. The van der Waals surface area contributed by atoms with Crippen LogP contribution in [0.5, 0.6) is 5.75 Å². The van der Waals surface area contributed by atoms with Crippen molar-refractivity contribution in [1.29, 1.82) is 0 Å². The zero-order valence-corrected chi connectivity index (χ0v) is 13.3. The standard InChI is InChI=1S/C15H10BrN3O4/c16-10-5-6-14-17-11(7-15(20)18(14)8-10)9-23-13-4-2-1-3-12(13)19(21)22/h1-8H,9H2. The first-order valence-corrected chi connectivity index (χ1v) is 7.38. The molecule has 3 aromatic rings. The second-order valence-corrected chi connectivity index (χ2v) is 5.59.